The lowest BCUT2D eigenvalue weighted by Gasteiger charge is -2.18. The number of carboxylic acid groups (broad SMARTS) is 1. The third-order valence-electron chi connectivity index (χ3n) is 2.73. The van der Waals surface area contributed by atoms with Gasteiger partial charge in [-0.25, -0.2) is 0 Å². The molecule has 0 aromatic rings. The van der Waals surface area contributed by atoms with Crippen LogP contribution in [0.1, 0.15) is 33.1 Å². The zero-order chi connectivity index (χ0) is 12.1. The third kappa shape index (κ3) is 3.81. The molecule has 0 aliphatic heterocycles. The van der Waals surface area contributed by atoms with Crippen molar-refractivity contribution in [1.82, 2.24) is 5.32 Å². The van der Waals surface area contributed by atoms with Crippen LogP contribution in [0.25, 0.3) is 0 Å². The van der Waals surface area contributed by atoms with Gasteiger partial charge in [0.25, 0.3) is 0 Å². The van der Waals surface area contributed by atoms with Gasteiger partial charge in [0.15, 0.2) is 0 Å². The smallest absolute Gasteiger partial charge is 0.308 e. The molecule has 0 radical (unpaired) electrons. The van der Waals surface area contributed by atoms with Crippen LogP contribution in [0.3, 0.4) is 0 Å². The molecular formula is C11H19NO4. The summed E-state index contributed by atoms with van der Waals surface area (Å²) in [6, 6.07) is -0.235. The predicted octanol–water partition coefficient (Wildman–Crippen LogP) is 0.781. The maximum Gasteiger partial charge on any atom is 0.308 e. The van der Waals surface area contributed by atoms with Crippen molar-refractivity contribution in [1.29, 1.82) is 0 Å². The summed E-state index contributed by atoms with van der Waals surface area (Å²) in [5, 5.41) is 11.7. The molecule has 1 rings (SSSR count). The van der Waals surface area contributed by atoms with E-state index in [4.69, 9.17) is 9.84 Å². The summed E-state index contributed by atoms with van der Waals surface area (Å²) in [4.78, 5) is 22.3. The largest absolute Gasteiger partial charge is 0.481 e. The van der Waals surface area contributed by atoms with Gasteiger partial charge < -0.3 is 15.2 Å². The maximum atomic E-state index is 11.4. The summed E-state index contributed by atoms with van der Waals surface area (Å²) in [5.74, 6) is -1.50. The second-order valence-electron chi connectivity index (χ2n) is 4.41. The number of rotatable bonds is 5. The van der Waals surface area contributed by atoms with Gasteiger partial charge >= 0.3 is 5.97 Å². The van der Waals surface area contributed by atoms with Crippen molar-refractivity contribution in [2.45, 2.75) is 45.3 Å². The quantitative estimate of drug-likeness (QED) is 0.730. The Balaban J connectivity index is 2.35. The lowest BCUT2D eigenvalue weighted by Crippen LogP contribution is -2.42. The highest BCUT2D eigenvalue weighted by atomic mass is 16.5. The number of aliphatic carboxylic acids is 1. The summed E-state index contributed by atoms with van der Waals surface area (Å²) >= 11 is 0. The van der Waals surface area contributed by atoms with Crippen LogP contribution in [0.15, 0.2) is 0 Å². The van der Waals surface area contributed by atoms with E-state index >= 15 is 0 Å². The van der Waals surface area contributed by atoms with Gasteiger partial charge in [0.1, 0.15) is 6.61 Å². The first kappa shape index (κ1) is 13.0. The second-order valence-corrected chi connectivity index (χ2v) is 4.41. The summed E-state index contributed by atoms with van der Waals surface area (Å²) in [6.45, 7) is 3.70. The molecule has 0 bridgehead atoms. The number of carboxylic acids is 1. The Morgan fingerprint density at radius 3 is 2.69 bits per heavy atom. The zero-order valence-electron chi connectivity index (χ0n) is 9.73. The Bertz CT molecular complexity index is 265. The number of ether oxygens (including phenoxy) is 1. The minimum atomic E-state index is -0.826. The van der Waals surface area contributed by atoms with Crippen molar-refractivity contribution in [3.05, 3.63) is 0 Å². The van der Waals surface area contributed by atoms with Crippen LogP contribution < -0.4 is 5.32 Å². The molecule has 0 aromatic heterocycles. The molecule has 2 atom stereocenters. The Morgan fingerprint density at radius 1 is 1.44 bits per heavy atom. The monoisotopic (exact) mass is 229 g/mol. The highest BCUT2D eigenvalue weighted by molar-refractivity contribution is 5.79. The number of hydrogen-bond acceptors (Lipinski definition) is 3. The van der Waals surface area contributed by atoms with Crippen LogP contribution in [-0.4, -0.2) is 35.7 Å². The van der Waals surface area contributed by atoms with Crippen molar-refractivity contribution < 1.29 is 19.4 Å². The predicted molar refractivity (Wildman–Crippen MR) is 58.0 cm³/mol. The van der Waals surface area contributed by atoms with E-state index in [9.17, 15) is 9.59 Å². The summed E-state index contributed by atoms with van der Waals surface area (Å²) < 4.78 is 5.15. The van der Waals surface area contributed by atoms with E-state index in [0.717, 1.165) is 12.8 Å². The fraction of sp³-hybridized carbons (Fsp3) is 0.818. The van der Waals surface area contributed by atoms with Crippen LogP contribution >= 0.6 is 0 Å². The van der Waals surface area contributed by atoms with E-state index in [1.807, 2.05) is 13.8 Å². The van der Waals surface area contributed by atoms with Gasteiger partial charge in [-0.2, -0.15) is 0 Å². The first-order chi connectivity index (χ1) is 7.50. The first-order valence-electron chi connectivity index (χ1n) is 5.64. The topological polar surface area (TPSA) is 75.6 Å². The van der Waals surface area contributed by atoms with Gasteiger partial charge in [-0.3, -0.25) is 9.59 Å². The summed E-state index contributed by atoms with van der Waals surface area (Å²) in [6.07, 6.45) is 2.24. The van der Waals surface area contributed by atoms with Crippen molar-refractivity contribution >= 4 is 11.9 Å². The Labute approximate surface area is 95.2 Å². The zero-order valence-corrected chi connectivity index (χ0v) is 9.73. The second kappa shape index (κ2) is 5.84. The minimum Gasteiger partial charge on any atom is -0.481 e. The van der Waals surface area contributed by atoms with Gasteiger partial charge in [0.2, 0.25) is 5.91 Å². The molecule has 0 heterocycles. The van der Waals surface area contributed by atoms with Crippen LogP contribution in [0.2, 0.25) is 0 Å². The van der Waals surface area contributed by atoms with E-state index < -0.39 is 11.9 Å². The Morgan fingerprint density at radius 2 is 2.12 bits per heavy atom. The number of carbonyl (C=O) groups excluding carboxylic acids is 1. The molecule has 1 aliphatic rings. The number of amides is 1. The Hall–Kier alpha value is -1.10. The molecule has 0 aromatic carbocycles. The summed E-state index contributed by atoms with van der Waals surface area (Å²) in [7, 11) is 0. The molecule has 1 aliphatic carbocycles. The number of carbonyl (C=O) groups is 2. The van der Waals surface area contributed by atoms with E-state index in [1.165, 1.54) is 0 Å². The highest BCUT2D eigenvalue weighted by Crippen LogP contribution is 2.25. The van der Waals surface area contributed by atoms with Crippen LogP contribution in [0.5, 0.6) is 0 Å². The molecule has 2 unspecified atom stereocenters. The minimum absolute atomic E-state index is 0.000502. The molecule has 5 nitrogen and oxygen atoms in total. The molecule has 0 spiro atoms. The van der Waals surface area contributed by atoms with Crippen molar-refractivity contribution in [2.75, 3.05) is 6.61 Å². The standard InChI is InChI=1S/C11H19NO4/c1-7(2)16-6-10(13)12-9-5-3-4-8(9)11(14)15/h7-9H,3-6H2,1-2H3,(H,12,13)(H,14,15). The maximum absolute atomic E-state index is 11.4. The van der Waals surface area contributed by atoms with E-state index in [1.54, 1.807) is 0 Å². The van der Waals surface area contributed by atoms with E-state index in [0.29, 0.717) is 6.42 Å². The normalized spacial score (nSPS) is 24.7. The lowest BCUT2D eigenvalue weighted by atomic mass is 10.0. The van der Waals surface area contributed by atoms with Gasteiger partial charge in [-0.15, -0.1) is 0 Å². The molecule has 16 heavy (non-hydrogen) atoms. The lowest BCUT2D eigenvalue weighted by molar-refractivity contribution is -0.142. The SMILES string of the molecule is CC(C)OCC(=O)NC1CCCC1C(=O)O. The molecule has 2 N–H and O–H groups in total. The molecular weight excluding hydrogens is 210 g/mol. The fourth-order valence-corrected chi connectivity index (χ4v) is 1.92. The van der Waals surface area contributed by atoms with E-state index in [2.05, 4.69) is 5.32 Å². The van der Waals surface area contributed by atoms with Crippen LogP contribution in [0.4, 0.5) is 0 Å². The van der Waals surface area contributed by atoms with Crippen molar-refractivity contribution in [3.8, 4) is 0 Å². The summed E-state index contributed by atoms with van der Waals surface area (Å²) in [5.41, 5.74) is 0. The molecule has 1 fully saturated rings. The van der Waals surface area contributed by atoms with Gasteiger partial charge in [-0.05, 0) is 26.7 Å². The van der Waals surface area contributed by atoms with Crippen molar-refractivity contribution in [3.63, 3.8) is 0 Å². The van der Waals surface area contributed by atoms with Gasteiger partial charge in [0.05, 0.1) is 12.0 Å². The molecule has 5 heteroatoms. The fourth-order valence-electron chi connectivity index (χ4n) is 1.92. The molecule has 0 saturated heterocycles. The van der Waals surface area contributed by atoms with Crippen LogP contribution in [0, 0.1) is 5.92 Å². The highest BCUT2D eigenvalue weighted by Gasteiger charge is 2.33. The van der Waals surface area contributed by atoms with Crippen molar-refractivity contribution in [2.24, 2.45) is 5.92 Å². The number of hydrogen-bond donors (Lipinski definition) is 2. The molecule has 1 amide bonds. The first-order valence-corrected chi connectivity index (χ1v) is 5.64. The van der Waals surface area contributed by atoms with Gasteiger partial charge in [-0.1, -0.05) is 6.42 Å². The van der Waals surface area contributed by atoms with Crippen LogP contribution in [-0.2, 0) is 14.3 Å². The molecule has 92 valence electrons. The molecule has 1 saturated carbocycles. The third-order valence-corrected chi connectivity index (χ3v) is 2.73. The van der Waals surface area contributed by atoms with Gasteiger partial charge in [0, 0.05) is 6.04 Å². The van der Waals surface area contributed by atoms with E-state index in [-0.39, 0.29) is 24.7 Å². The average Bonchev–Trinajstić information content (AvgIpc) is 2.62. The number of nitrogens with one attached hydrogen (secondary N) is 1. The average molecular weight is 229 g/mol. The Kier molecular flexibility index (Phi) is 4.73.